The Bertz CT molecular complexity index is 358. The molecule has 0 heterocycles. The molecule has 0 aliphatic carbocycles. The monoisotopic (exact) mass is 409 g/mol. The van der Waals surface area contributed by atoms with Gasteiger partial charge in [-0.25, -0.2) is 0 Å². The van der Waals surface area contributed by atoms with Gasteiger partial charge in [0.25, 0.3) is 0 Å². The number of carbonyl (C=O) groups excluding carboxylic acids is 2. The van der Waals surface area contributed by atoms with Gasteiger partial charge in [0, 0.05) is 24.3 Å². The fourth-order valence-electron chi connectivity index (χ4n) is 2.14. The van der Waals surface area contributed by atoms with Crippen LogP contribution in [0.2, 0.25) is 0 Å². The van der Waals surface area contributed by atoms with Crippen LogP contribution < -0.4 is 5.73 Å². The second-order valence-corrected chi connectivity index (χ2v) is 9.07. The maximum absolute atomic E-state index is 11.6. The van der Waals surface area contributed by atoms with E-state index in [0.29, 0.717) is 26.1 Å². The molecule has 0 unspecified atom stereocenters. The van der Waals surface area contributed by atoms with Gasteiger partial charge in [-0.2, -0.15) is 0 Å². The average Bonchev–Trinajstić information content (AvgIpc) is 2.60. The van der Waals surface area contributed by atoms with Crippen molar-refractivity contribution in [3.8, 4) is 0 Å². The summed E-state index contributed by atoms with van der Waals surface area (Å²) in [4.78, 5) is 25.2. The van der Waals surface area contributed by atoms with Crippen LogP contribution >= 0.6 is 21.6 Å². The molecule has 0 atom stereocenters. The average molecular weight is 410 g/mol. The zero-order valence-electron chi connectivity index (χ0n) is 16.5. The Labute approximate surface area is 166 Å². The lowest BCUT2D eigenvalue weighted by atomic mass is 10.2. The summed E-state index contributed by atoms with van der Waals surface area (Å²) < 4.78 is 10.4. The Morgan fingerprint density at radius 1 is 0.808 bits per heavy atom. The minimum atomic E-state index is -0.112. The Kier molecular flexibility index (Phi) is 19.0. The molecule has 0 spiro atoms. The van der Waals surface area contributed by atoms with Gasteiger partial charge in [0.1, 0.15) is 13.2 Å². The van der Waals surface area contributed by atoms with Crippen molar-refractivity contribution in [2.45, 2.75) is 51.4 Å². The lowest BCUT2D eigenvalue weighted by Crippen LogP contribution is -2.50. The van der Waals surface area contributed by atoms with Gasteiger partial charge in [-0.15, -0.1) is 0 Å². The van der Waals surface area contributed by atoms with E-state index in [-0.39, 0.29) is 11.9 Å². The van der Waals surface area contributed by atoms with Crippen LogP contribution in [-0.4, -0.2) is 68.7 Å². The molecule has 3 N–H and O–H groups in total. The molecule has 0 bridgehead atoms. The predicted octanol–water partition coefficient (Wildman–Crippen LogP) is 2.38. The number of quaternary nitrogens is 1. The van der Waals surface area contributed by atoms with Crippen LogP contribution in [0.1, 0.15) is 51.4 Å². The van der Waals surface area contributed by atoms with E-state index in [9.17, 15) is 9.59 Å². The first-order valence-corrected chi connectivity index (χ1v) is 12.0. The number of nitrogens with zero attached hydrogens (tertiary/aromatic N) is 1. The molecule has 8 heteroatoms. The third-order valence-corrected chi connectivity index (χ3v) is 5.89. The first kappa shape index (κ1) is 25.6. The van der Waals surface area contributed by atoms with Gasteiger partial charge in [-0.3, -0.25) is 9.59 Å². The quantitative estimate of drug-likeness (QED) is 0.211. The van der Waals surface area contributed by atoms with Crippen molar-refractivity contribution in [2.24, 2.45) is 0 Å². The minimum Gasteiger partial charge on any atom is -0.465 e. The van der Waals surface area contributed by atoms with Crippen LogP contribution in [0, 0.1) is 0 Å². The van der Waals surface area contributed by atoms with E-state index >= 15 is 0 Å². The van der Waals surface area contributed by atoms with Crippen molar-refractivity contribution in [1.82, 2.24) is 4.90 Å². The van der Waals surface area contributed by atoms with E-state index in [0.717, 1.165) is 63.1 Å². The number of unbranched alkanes of at least 4 members (excludes halogenated alkanes) is 4. The molecule has 0 aromatic rings. The summed E-state index contributed by atoms with van der Waals surface area (Å²) in [7, 11) is 7.40. The van der Waals surface area contributed by atoms with Crippen LogP contribution in [0.3, 0.4) is 0 Å². The fraction of sp³-hybridized carbons (Fsp3) is 0.889. The van der Waals surface area contributed by atoms with Crippen LogP contribution in [0.25, 0.3) is 0 Å². The summed E-state index contributed by atoms with van der Waals surface area (Å²) in [5.41, 5.74) is 3.78. The molecule has 0 saturated heterocycles. The Morgan fingerprint density at radius 3 is 1.77 bits per heavy atom. The molecule has 0 rings (SSSR count). The first-order valence-electron chi connectivity index (χ1n) is 9.56. The summed E-state index contributed by atoms with van der Waals surface area (Å²) in [5, 5.41) is 0. The van der Waals surface area contributed by atoms with E-state index in [2.05, 4.69) is 24.7 Å². The normalized spacial score (nSPS) is 10.9. The largest absolute Gasteiger partial charge is 0.465 e. The number of hydrogen-bond acceptors (Lipinski definition) is 7. The maximum Gasteiger partial charge on any atom is 0.305 e. The van der Waals surface area contributed by atoms with Crippen LogP contribution in [0.15, 0.2) is 0 Å². The predicted molar refractivity (Wildman–Crippen MR) is 110 cm³/mol. The zero-order chi connectivity index (χ0) is 19.5. The molecule has 6 nitrogen and oxygen atoms in total. The van der Waals surface area contributed by atoms with E-state index in [4.69, 9.17) is 9.47 Å². The highest BCUT2D eigenvalue weighted by molar-refractivity contribution is 8.76. The summed E-state index contributed by atoms with van der Waals surface area (Å²) in [6.07, 6.45) is 7.09. The van der Waals surface area contributed by atoms with Gasteiger partial charge >= 0.3 is 11.9 Å². The lowest BCUT2D eigenvalue weighted by molar-refractivity contribution is -0.368. The molecule has 0 aliphatic heterocycles. The van der Waals surface area contributed by atoms with Gasteiger partial charge < -0.3 is 20.1 Å². The number of esters is 2. The van der Waals surface area contributed by atoms with E-state index in [1.807, 2.05) is 0 Å². The standard InChI is InChI=1S/C18H36N2O4S2/c1-20(2)12-8-4-6-10-18(22)24-14-16-26-25-15-13-23-17(21)9-5-3-7-11-19/h3-16,19H2,1-2H3/p+1. The number of hydrogen-bond donors (Lipinski definition) is 1. The zero-order valence-corrected chi connectivity index (χ0v) is 18.1. The summed E-state index contributed by atoms with van der Waals surface area (Å²) in [5.74, 6) is 1.30. The van der Waals surface area contributed by atoms with Gasteiger partial charge in [-0.05, 0) is 52.7 Å². The second kappa shape index (κ2) is 19.3. The highest BCUT2D eigenvalue weighted by Crippen LogP contribution is 2.20. The maximum atomic E-state index is 11.6. The van der Waals surface area contributed by atoms with Gasteiger partial charge in [0.05, 0.1) is 6.54 Å². The highest BCUT2D eigenvalue weighted by atomic mass is 33.1. The molecular formula is C18H37N2O4S2+. The minimum absolute atomic E-state index is 0.103. The lowest BCUT2D eigenvalue weighted by Gasteiger charge is -2.08. The third kappa shape index (κ3) is 19.9. The molecule has 0 fully saturated rings. The Balaban J connectivity index is 3.27. The molecule has 0 amide bonds. The second-order valence-electron chi connectivity index (χ2n) is 6.36. The van der Waals surface area contributed by atoms with Gasteiger partial charge in [0.2, 0.25) is 0 Å². The Hall–Kier alpha value is -0.440. The number of carbonyl (C=O) groups is 2. The first-order chi connectivity index (χ1) is 12.6. The summed E-state index contributed by atoms with van der Waals surface area (Å²) in [6.45, 7) is 2.88. The summed E-state index contributed by atoms with van der Waals surface area (Å²) >= 11 is 0. The van der Waals surface area contributed by atoms with Crippen molar-refractivity contribution in [2.75, 3.05) is 51.9 Å². The van der Waals surface area contributed by atoms with Crippen molar-refractivity contribution in [1.29, 1.82) is 0 Å². The number of ether oxygens (including phenoxy) is 2. The fourth-order valence-corrected chi connectivity index (χ4v) is 3.79. The van der Waals surface area contributed by atoms with Gasteiger partial charge in [0.15, 0.2) is 0 Å². The molecule has 0 radical (unpaired) electrons. The van der Waals surface area contributed by atoms with Crippen LogP contribution in [0.4, 0.5) is 0 Å². The van der Waals surface area contributed by atoms with E-state index in [1.54, 1.807) is 21.6 Å². The molecule has 0 aromatic carbocycles. The van der Waals surface area contributed by atoms with Gasteiger partial charge in [-0.1, -0.05) is 28.0 Å². The third-order valence-electron chi connectivity index (χ3n) is 3.56. The van der Waals surface area contributed by atoms with Crippen molar-refractivity contribution in [3.05, 3.63) is 0 Å². The SMILES string of the molecule is CN(C)CCCCCC(=O)OCCSSCCOC(=O)CCCCC[NH3+]. The smallest absolute Gasteiger partial charge is 0.305 e. The van der Waals surface area contributed by atoms with E-state index < -0.39 is 0 Å². The molecule has 0 aliphatic rings. The molecule has 0 aromatic heterocycles. The summed E-state index contributed by atoms with van der Waals surface area (Å²) in [6, 6.07) is 0. The van der Waals surface area contributed by atoms with Crippen molar-refractivity contribution >= 4 is 33.5 Å². The van der Waals surface area contributed by atoms with Crippen LogP contribution in [-0.2, 0) is 19.1 Å². The molecule has 0 saturated carbocycles. The Morgan fingerprint density at radius 2 is 1.31 bits per heavy atom. The molecule has 26 heavy (non-hydrogen) atoms. The number of rotatable bonds is 18. The molecular weight excluding hydrogens is 372 g/mol. The van der Waals surface area contributed by atoms with Crippen LogP contribution in [0.5, 0.6) is 0 Å². The molecule has 154 valence electrons. The van der Waals surface area contributed by atoms with Crippen molar-refractivity contribution < 1.29 is 24.8 Å². The van der Waals surface area contributed by atoms with E-state index in [1.165, 1.54) is 0 Å². The topological polar surface area (TPSA) is 83.5 Å². The highest BCUT2D eigenvalue weighted by Gasteiger charge is 2.04. The van der Waals surface area contributed by atoms with Crippen molar-refractivity contribution in [3.63, 3.8) is 0 Å².